The molecule has 1 heterocycles. The SMILES string of the molecule is COc1cc(F)c(C(C)NC(=O)C2(N)CCOCC2)cc1OC.Cl. The molecule has 1 atom stereocenters. The highest BCUT2D eigenvalue weighted by Crippen LogP contribution is 2.32. The van der Waals surface area contributed by atoms with Crippen LogP contribution in [0.5, 0.6) is 11.5 Å². The van der Waals surface area contributed by atoms with Crippen LogP contribution in [-0.2, 0) is 9.53 Å². The standard InChI is InChI=1S/C16H23FN2O4.ClH/c1-10(19-15(20)16(18)4-6-23-7-5-16)11-8-13(21-2)14(22-3)9-12(11)17;/h8-10H,4-7,18H2,1-3H3,(H,19,20);1H. The molecule has 3 N–H and O–H groups in total. The Bertz CT molecular complexity index is 579. The molecule has 0 spiro atoms. The molecule has 1 aromatic carbocycles. The molecule has 1 unspecified atom stereocenters. The van der Waals surface area contributed by atoms with Gasteiger partial charge in [-0.3, -0.25) is 4.79 Å². The van der Waals surface area contributed by atoms with Gasteiger partial charge in [-0.05, 0) is 25.8 Å². The maximum atomic E-state index is 14.3. The third kappa shape index (κ3) is 4.28. The lowest BCUT2D eigenvalue weighted by atomic mass is 9.90. The lowest BCUT2D eigenvalue weighted by Gasteiger charge is -2.33. The van der Waals surface area contributed by atoms with Gasteiger partial charge in [0, 0.05) is 24.8 Å². The number of carbonyl (C=O) groups is 1. The van der Waals surface area contributed by atoms with E-state index in [1.165, 1.54) is 26.4 Å². The fraction of sp³-hybridized carbons (Fsp3) is 0.562. The minimum Gasteiger partial charge on any atom is -0.493 e. The van der Waals surface area contributed by atoms with E-state index in [-0.39, 0.29) is 18.3 Å². The zero-order valence-corrected chi connectivity index (χ0v) is 14.9. The molecule has 0 aromatic heterocycles. The summed E-state index contributed by atoms with van der Waals surface area (Å²) in [7, 11) is 2.91. The van der Waals surface area contributed by atoms with Crippen molar-refractivity contribution < 1.29 is 23.4 Å². The van der Waals surface area contributed by atoms with Crippen molar-refractivity contribution in [3.8, 4) is 11.5 Å². The number of benzene rings is 1. The van der Waals surface area contributed by atoms with Crippen molar-refractivity contribution in [3.63, 3.8) is 0 Å². The molecule has 1 aromatic rings. The van der Waals surface area contributed by atoms with E-state index in [4.69, 9.17) is 19.9 Å². The van der Waals surface area contributed by atoms with Crippen LogP contribution in [0.25, 0.3) is 0 Å². The molecule has 0 bridgehead atoms. The lowest BCUT2D eigenvalue weighted by Crippen LogP contribution is -2.57. The summed E-state index contributed by atoms with van der Waals surface area (Å²) in [5.41, 5.74) is 5.48. The monoisotopic (exact) mass is 362 g/mol. The highest BCUT2D eigenvalue weighted by atomic mass is 35.5. The Morgan fingerprint density at radius 2 is 1.83 bits per heavy atom. The molecule has 8 heteroatoms. The predicted molar refractivity (Wildman–Crippen MR) is 90.3 cm³/mol. The van der Waals surface area contributed by atoms with Crippen LogP contribution in [0.4, 0.5) is 4.39 Å². The number of hydrogen-bond donors (Lipinski definition) is 2. The van der Waals surface area contributed by atoms with Crippen LogP contribution in [0.3, 0.4) is 0 Å². The first-order chi connectivity index (χ1) is 10.9. The van der Waals surface area contributed by atoms with Crippen molar-refractivity contribution in [2.45, 2.75) is 31.3 Å². The summed E-state index contributed by atoms with van der Waals surface area (Å²) >= 11 is 0. The molecule has 6 nitrogen and oxygen atoms in total. The first kappa shape index (κ1) is 20.5. The Balaban J connectivity index is 0.00000288. The van der Waals surface area contributed by atoms with Crippen LogP contribution in [-0.4, -0.2) is 38.9 Å². The van der Waals surface area contributed by atoms with E-state index in [2.05, 4.69) is 5.32 Å². The van der Waals surface area contributed by atoms with Crippen LogP contribution >= 0.6 is 12.4 Å². The number of carbonyl (C=O) groups excluding carboxylic acids is 1. The van der Waals surface area contributed by atoms with Gasteiger partial charge in [0.25, 0.3) is 0 Å². The van der Waals surface area contributed by atoms with E-state index >= 15 is 0 Å². The smallest absolute Gasteiger partial charge is 0.240 e. The first-order valence-corrected chi connectivity index (χ1v) is 7.50. The van der Waals surface area contributed by atoms with Crippen LogP contribution in [0.15, 0.2) is 12.1 Å². The second-order valence-electron chi connectivity index (χ2n) is 5.69. The molecule has 1 saturated heterocycles. The second kappa shape index (κ2) is 8.50. The minimum absolute atomic E-state index is 0. The number of ether oxygens (including phenoxy) is 3. The van der Waals surface area contributed by atoms with Gasteiger partial charge in [-0.15, -0.1) is 12.4 Å². The fourth-order valence-corrected chi connectivity index (χ4v) is 2.58. The number of amides is 1. The van der Waals surface area contributed by atoms with Crippen molar-refractivity contribution in [1.82, 2.24) is 5.32 Å². The summed E-state index contributed by atoms with van der Waals surface area (Å²) in [6, 6.07) is 2.21. The molecule has 2 rings (SSSR count). The maximum absolute atomic E-state index is 14.3. The van der Waals surface area contributed by atoms with Crippen LogP contribution < -0.4 is 20.5 Å². The van der Waals surface area contributed by atoms with E-state index in [0.29, 0.717) is 43.1 Å². The zero-order chi connectivity index (χ0) is 17.0. The Hall–Kier alpha value is -1.57. The molecule has 0 aliphatic carbocycles. The number of nitrogens with one attached hydrogen (secondary N) is 1. The summed E-state index contributed by atoms with van der Waals surface area (Å²) in [5.74, 6) is -0.0819. The van der Waals surface area contributed by atoms with Gasteiger partial charge >= 0.3 is 0 Å². The lowest BCUT2D eigenvalue weighted by molar-refractivity contribution is -0.130. The van der Waals surface area contributed by atoms with Crippen LogP contribution in [0, 0.1) is 5.82 Å². The zero-order valence-electron chi connectivity index (χ0n) is 14.1. The normalized spacial score (nSPS) is 17.4. The Labute approximate surface area is 147 Å². The number of nitrogens with two attached hydrogens (primary N) is 1. The second-order valence-corrected chi connectivity index (χ2v) is 5.69. The third-order valence-electron chi connectivity index (χ3n) is 4.15. The van der Waals surface area contributed by atoms with Gasteiger partial charge < -0.3 is 25.3 Å². The number of halogens is 2. The summed E-state index contributed by atoms with van der Waals surface area (Å²) in [5, 5.41) is 2.78. The van der Waals surface area contributed by atoms with Crippen molar-refractivity contribution in [2.75, 3.05) is 27.4 Å². The number of hydrogen-bond acceptors (Lipinski definition) is 5. The van der Waals surface area contributed by atoms with E-state index < -0.39 is 17.4 Å². The molecule has 0 radical (unpaired) electrons. The van der Waals surface area contributed by atoms with Gasteiger partial charge in [0.1, 0.15) is 5.82 Å². The minimum atomic E-state index is -0.973. The predicted octanol–water partition coefficient (Wildman–Crippen LogP) is 1.95. The van der Waals surface area contributed by atoms with Crippen LogP contribution in [0.2, 0.25) is 0 Å². The molecule has 24 heavy (non-hydrogen) atoms. The van der Waals surface area contributed by atoms with Crippen LogP contribution in [0.1, 0.15) is 31.4 Å². The molecule has 1 fully saturated rings. The molecule has 1 aliphatic rings. The van der Waals surface area contributed by atoms with Gasteiger partial charge in [-0.1, -0.05) is 0 Å². The maximum Gasteiger partial charge on any atom is 0.240 e. The average molecular weight is 363 g/mol. The summed E-state index contributed by atoms with van der Waals surface area (Å²) in [6.07, 6.45) is 0.889. The molecule has 1 aliphatic heterocycles. The average Bonchev–Trinajstić information content (AvgIpc) is 2.54. The first-order valence-electron chi connectivity index (χ1n) is 7.50. The number of rotatable bonds is 5. The van der Waals surface area contributed by atoms with Gasteiger partial charge in [0.15, 0.2) is 11.5 Å². The quantitative estimate of drug-likeness (QED) is 0.836. The van der Waals surface area contributed by atoms with E-state index in [0.717, 1.165) is 0 Å². The highest BCUT2D eigenvalue weighted by Gasteiger charge is 2.36. The molecular weight excluding hydrogens is 339 g/mol. The van der Waals surface area contributed by atoms with E-state index in [9.17, 15) is 9.18 Å². The highest BCUT2D eigenvalue weighted by molar-refractivity contribution is 5.86. The van der Waals surface area contributed by atoms with Crippen molar-refractivity contribution in [1.29, 1.82) is 0 Å². The molecular formula is C16H24ClFN2O4. The molecule has 0 saturated carbocycles. The Morgan fingerprint density at radius 1 is 1.29 bits per heavy atom. The summed E-state index contributed by atoms with van der Waals surface area (Å²) < 4.78 is 29.7. The Morgan fingerprint density at radius 3 is 2.38 bits per heavy atom. The van der Waals surface area contributed by atoms with Gasteiger partial charge in [0.05, 0.1) is 25.8 Å². The Kier molecular flexibility index (Phi) is 7.26. The fourth-order valence-electron chi connectivity index (χ4n) is 2.58. The van der Waals surface area contributed by atoms with Gasteiger partial charge in [-0.2, -0.15) is 0 Å². The van der Waals surface area contributed by atoms with Gasteiger partial charge in [-0.25, -0.2) is 4.39 Å². The number of methoxy groups -OCH3 is 2. The van der Waals surface area contributed by atoms with E-state index in [1.807, 2.05) is 0 Å². The third-order valence-corrected chi connectivity index (χ3v) is 4.15. The van der Waals surface area contributed by atoms with Crippen molar-refractivity contribution in [2.24, 2.45) is 5.73 Å². The van der Waals surface area contributed by atoms with Crippen molar-refractivity contribution in [3.05, 3.63) is 23.5 Å². The topological polar surface area (TPSA) is 82.8 Å². The van der Waals surface area contributed by atoms with E-state index in [1.54, 1.807) is 6.92 Å². The summed E-state index contributed by atoms with van der Waals surface area (Å²) in [4.78, 5) is 12.4. The molecule has 136 valence electrons. The largest absolute Gasteiger partial charge is 0.493 e. The summed E-state index contributed by atoms with van der Waals surface area (Å²) in [6.45, 7) is 2.59. The van der Waals surface area contributed by atoms with Gasteiger partial charge in [0.2, 0.25) is 5.91 Å². The van der Waals surface area contributed by atoms with Crippen molar-refractivity contribution >= 4 is 18.3 Å². The molecule has 1 amide bonds.